The summed E-state index contributed by atoms with van der Waals surface area (Å²) in [6, 6.07) is 0.0604. The normalized spacial score (nSPS) is 28.5. The predicted molar refractivity (Wildman–Crippen MR) is 79.0 cm³/mol. The van der Waals surface area contributed by atoms with Gasteiger partial charge < -0.3 is 10.6 Å². The molecule has 3 nitrogen and oxygen atoms in total. The van der Waals surface area contributed by atoms with Crippen LogP contribution in [0.2, 0.25) is 0 Å². The zero-order chi connectivity index (χ0) is 13.5. The van der Waals surface area contributed by atoms with Crippen LogP contribution in [-0.2, 0) is 4.79 Å². The number of piperidine rings is 1. The van der Waals surface area contributed by atoms with E-state index in [9.17, 15) is 4.79 Å². The first kappa shape index (κ1) is 14.8. The van der Waals surface area contributed by atoms with E-state index in [0.29, 0.717) is 0 Å². The summed E-state index contributed by atoms with van der Waals surface area (Å²) in [5.74, 6) is 1.90. The molecule has 2 fully saturated rings. The number of carbonyl (C=O) groups is 1. The van der Waals surface area contributed by atoms with Gasteiger partial charge in [0.05, 0.1) is 6.04 Å². The van der Waals surface area contributed by atoms with E-state index in [0.717, 1.165) is 37.8 Å². The minimum atomic E-state index is 0.0604. The van der Waals surface area contributed by atoms with Crippen molar-refractivity contribution in [3.05, 3.63) is 0 Å². The smallest absolute Gasteiger partial charge is 0.237 e. The molecule has 1 heterocycles. The molecule has 2 aliphatic rings. The minimum absolute atomic E-state index is 0.0604. The molecule has 0 aromatic carbocycles. The fourth-order valence-electron chi connectivity index (χ4n) is 3.59. The SMILES string of the molecule is CCC1CCNC(C(=O)NCCCC2CCCC2)C1. The Morgan fingerprint density at radius 3 is 2.74 bits per heavy atom. The van der Waals surface area contributed by atoms with Crippen molar-refractivity contribution in [1.82, 2.24) is 10.6 Å². The summed E-state index contributed by atoms with van der Waals surface area (Å²) in [6.45, 7) is 4.09. The molecule has 1 aliphatic heterocycles. The van der Waals surface area contributed by atoms with E-state index in [4.69, 9.17) is 0 Å². The standard InChI is InChI=1S/C16H30N2O/c1-2-13-9-11-17-15(12-13)16(19)18-10-5-8-14-6-3-4-7-14/h13-15,17H,2-12H2,1H3,(H,18,19). The Bertz CT molecular complexity index is 274. The van der Waals surface area contributed by atoms with Gasteiger partial charge in [-0.25, -0.2) is 0 Å². The minimum Gasteiger partial charge on any atom is -0.355 e. The molecular weight excluding hydrogens is 236 g/mol. The second kappa shape index (κ2) is 7.88. The molecule has 110 valence electrons. The van der Waals surface area contributed by atoms with Crippen LogP contribution in [0.15, 0.2) is 0 Å². The summed E-state index contributed by atoms with van der Waals surface area (Å²) in [5.41, 5.74) is 0. The van der Waals surface area contributed by atoms with Crippen LogP contribution < -0.4 is 10.6 Å². The third-order valence-corrected chi connectivity index (χ3v) is 4.97. The third kappa shape index (κ3) is 4.79. The predicted octanol–water partition coefficient (Wildman–Crippen LogP) is 2.85. The van der Waals surface area contributed by atoms with Gasteiger partial charge in [-0.2, -0.15) is 0 Å². The number of amides is 1. The molecule has 1 aliphatic carbocycles. The van der Waals surface area contributed by atoms with Gasteiger partial charge in [-0.1, -0.05) is 39.0 Å². The van der Waals surface area contributed by atoms with Crippen LogP contribution in [-0.4, -0.2) is 25.0 Å². The van der Waals surface area contributed by atoms with Crippen molar-refractivity contribution >= 4 is 5.91 Å². The van der Waals surface area contributed by atoms with E-state index in [1.54, 1.807) is 0 Å². The molecule has 2 N–H and O–H groups in total. The van der Waals surface area contributed by atoms with Gasteiger partial charge in [-0.05, 0) is 44.1 Å². The monoisotopic (exact) mass is 266 g/mol. The van der Waals surface area contributed by atoms with E-state index in [-0.39, 0.29) is 11.9 Å². The largest absolute Gasteiger partial charge is 0.355 e. The molecule has 3 heteroatoms. The molecule has 19 heavy (non-hydrogen) atoms. The first-order valence-corrected chi connectivity index (χ1v) is 8.30. The summed E-state index contributed by atoms with van der Waals surface area (Å²) in [5, 5.41) is 6.47. The van der Waals surface area contributed by atoms with E-state index in [2.05, 4.69) is 17.6 Å². The summed E-state index contributed by atoms with van der Waals surface area (Å²) in [6.07, 6.45) is 11.6. The quantitative estimate of drug-likeness (QED) is 0.726. The molecule has 1 amide bonds. The van der Waals surface area contributed by atoms with Crippen LogP contribution in [0.3, 0.4) is 0 Å². The van der Waals surface area contributed by atoms with Gasteiger partial charge in [0.25, 0.3) is 0 Å². The first-order chi connectivity index (χ1) is 9.29. The lowest BCUT2D eigenvalue weighted by atomic mass is 9.90. The number of hydrogen-bond donors (Lipinski definition) is 2. The molecule has 0 aromatic rings. The molecule has 2 rings (SSSR count). The van der Waals surface area contributed by atoms with Crippen molar-refractivity contribution in [3.8, 4) is 0 Å². The van der Waals surface area contributed by atoms with Crippen LogP contribution in [0.25, 0.3) is 0 Å². The van der Waals surface area contributed by atoms with Crippen molar-refractivity contribution in [3.63, 3.8) is 0 Å². The zero-order valence-corrected chi connectivity index (χ0v) is 12.4. The maximum absolute atomic E-state index is 12.1. The van der Waals surface area contributed by atoms with E-state index in [1.807, 2.05) is 0 Å². The Hall–Kier alpha value is -0.570. The number of hydrogen-bond acceptors (Lipinski definition) is 2. The molecule has 2 unspecified atom stereocenters. The van der Waals surface area contributed by atoms with Crippen LogP contribution in [0, 0.1) is 11.8 Å². The fraction of sp³-hybridized carbons (Fsp3) is 0.938. The molecule has 0 radical (unpaired) electrons. The highest BCUT2D eigenvalue weighted by molar-refractivity contribution is 5.81. The Balaban J connectivity index is 1.58. The van der Waals surface area contributed by atoms with Gasteiger partial charge >= 0.3 is 0 Å². The summed E-state index contributed by atoms with van der Waals surface area (Å²) in [7, 11) is 0. The Morgan fingerprint density at radius 1 is 1.21 bits per heavy atom. The van der Waals surface area contributed by atoms with Crippen molar-refractivity contribution in [1.29, 1.82) is 0 Å². The highest BCUT2D eigenvalue weighted by atomic mass is 16.2. The summed E-state index contributed by atoms with van der Waals surface area (Å²) < 4.78 is 0. The van der Waals surface area contributed by atoms with Crippen LogP contribution in [0.5, 0.6) is 0 Å². The van der Waals surface area contributed by atoms with Crippen molar-refractivity contribution in [2.75, 3.05) is 13.1 Å². The number of nitrogens with one attached hydrogen (secondary N) is 2. The molecule has 0 aromatic heterocycles. The van der Waals surface area contributed by atoms with Gasteiger partial charge in [-0.15, -0.1) is 0 Å². The van der Waals surface area contributed by atoms with Gasteiger partial charge in [0, 0.05) is 6.54 Å². The molecule has 0 bridgehead atoms. The highest BCUT2D eigenvalue weighted by Gasteiger charge is 2.25. The molecule has 1 saturated heterocycles. The second-order valence-electron chi connectivity index (χ2n) is 6.39. The van der Waals surface area contributed by atoms with Crippen molar-refractivity contribution in [2.24, 2.45) is 11.8 Å². The summed E-state index contributed by atoms with van der Waals surface area (Å²) in [4.78, 5) is 12.1. The van der Waals surface area contributed by atoms with Gasteiger partial charge in [0.15, 0.2) is 0 Å². The second-order valence-corrected chi connectivity index (χ2v) is 6.39. The lowest BCUT2D eigenvalue weighted by Crippen LogP contribution is -2.48. The average molecular weight is 266 g/mol. The lowest BCUT2D eigenvalue weighted by Gasteiger charge is -2.28. The highest BCUT2D eigenvalue weighted by Crippen LogP contribution is 2.28. The van der Waals surface area contributed by atoms with Crippen LogP contribution in [0.1, 0.15) is 64.7 Å². The van der Waals surface area contributed by atoms with Gasteiger partial charge in [0.1, 0.15) is 0 Å². The molecule has 2 atom stereocenters. The maximum Gasteiger partial charge on any atom is 0.237 e. The van der Waals surface area contributed by atoms with Gasteiger partial charge in [-0.3, -0.25) is 4.79 Å². The lowest BCUT2D eigenvalue weighted by molar-refractivity contribution is -0.124. The van der Waals surface area contributed by atoms with Crippen LogP contribution in [0.4, 0.5) is 0 Å². The van der Waals surface area contributed by atoms with Crippen LogP contribution >= 0.6 is 0 Å². The van der Waals surface area contributed by atoms with Crippen molar-refractivity contribution in [2.45, 2.75) is 70.8 Å². The number of carbonyl (C=O) groups excluding carboxylic acids is 1. The Kier molecular flexibility index (Phi) is 6.15. The summed E-state index contributed by atoms with van der Waals surface area (Å²) >= 11 is 0. The first-order valence-electron chi connectivity index (χ1n) is 8.30. The molecule has 1 saturated carbocycles. The third-order valence-electron chi connectivity index (χ3n) is 4.97. The zero-order valence-electron chi connectivity index (χ0n) is 12.4. The van der Waals surface area contributed by atoms with Gasteiger partial charge in [0.2, 0.25) is 5.91 Å². The van der Waals surface area contributed by atoms with Crippen molar-refractivity contribution < 1.29 is 4.79 Å². The Labute approximate surface area is 117 Å². The fourth-order valence-corrected chi connectivity index (χ4v) is 3.59. The average Bonchev–Trinajstić information content (AvgIpc) is 2.96. The molecular formula is C16H30N2O. The number of rotatable bonds is 6. The van der Waals surface area contributed by atoms with E-state index >= 15 is 0 Å². The maximum atomic E-state index is 12.1. The van der Waals surface area contributed by atoms with E-state index in [1.165, 1.54) is 44.9 Å². The topological polar surface area (TPSA) is 41.1 Å². The molecule has 0 spiro atoms. The van der Waals surface area contributed by atoms with E-state index < -0.39 is 0 Å². The Morgan fingerprint density at radius 2 is 2.00 bits per heavy atom.